The van der Waals surface area contributed by atoms with Crippen LogP contribution >= 0.6 is 23.4 Å². The first-order valence-corrected chi connectivity index (χ1v) is 10.7. The molecule has 1 amide bonds. The van der Waals surface area contributed by atoms with Crippen molar-refractivity contribution < 1.29 is 4.79 Å². The van der Waals surface area contributed by atoms with Crippen molar-refractivity contribution in [1.29, 1.82) is 0 Å². The average Bonchev–Trinajstić information content (AvgIpc) is 3.15. The van der Waals surface area contributed by atoms with Gasteiger partial charge in [0.2, 0.25) is 5.91 Å². The van der Waals surface area contributed by atoms with E-state index in [2.05, 4.69) is 22.4 Å². The van der Waals surface area contributed by atoms with E-state index in [-0.39, 0.29) is 5.91 Å². The number of benzene rings is 2. The molecule has 3 rings (SSSR count). The predicted molar refractivity (Wildman–Crippen MR) is 115 cm³/mol. The van der Waals surface area contributed by atoms with Crippen LogP contribution in [-0.4, -0.2) is 33.0 Å². The molecule has 0 saturated heterocycles. The first kappa shape index (κ1) is 20.4. The highest BCUT2D eigenvalue weighted by Gasteiger charge is 2.17. The van der Waals surface area contributed by atoms with Gasteiger partial charge in [-0.15, -0.1) is 10.2 Å². The Morgan fingerprint density at radius 1 is 1.07 bits per heavy atom. The Kier molecular flexibility index (Phi) is 7.51. The summed E-state index contributed by atoms with van der Waals surface area (Å²) in [5, 5.41) is 13.0. The van der Waals surface area contributed by atoms with Gasteiger partial charge in [-0.3, -0.25) is 9.36 Å². The molecule has 0 unspecified atom stereocenters. The first-order valence-electron chi connectivity index (χ1n) is 9.35. The maximum absolute atomic E-state index is 12.1. The second kappa shape index (κ2) is 10.3. The minimum Gasteiger partial charge on any atom is -0.355 e. The van der Waals surface area contributed by atoms with Gasteiger partial charge in [-0.1, -0.05) is 73.5 Å². The van der Waals surface area contributed by atoms with Gasteiger partial charge in [-0.05, 0) is 30.7 Å². The van der Waals surface area contributed by atoms with Crippen molar-refractivity contribution in [3.05, 3.63) is 59.6 Å². The van der Waals surface area contributed by atoms with Gasteiger partial charge < -0.3 is 5.32 Å². The zero-order chi connectivity index (χ0) is 19.8. The number of nitrogens with zero attached hydrogens (tertiary/aromatic N) is 3. The molecule has 0 aliphatic heterocycles. The Bertz CT molecular complexity index is 897. The van der Waals surface area contributed by atoms with Crippen LogP contribution in [0, 0.1) is 0 Å². The second-order valence-corrected chi connectivity index (χ2v) is 7.71. The van der Waals surface area contributed by atoms with Crippen LogP contribution in [0.15, 0.2) is 59.8 Å². The average molecular weight is 415 g/mol. The molecule has 3 aromatic rings. The maximum atomic E-state index is 12.1. The van der Waals surface area contributed by atoms with E-state index in [4.69, 9.17) is 11.6 Å². The Morgan fingerprint density at radius 3 is 2.54 bits per heavy atom. The number of halogens is 1. The summed E-state index contributed by atoms with van der Waals surface area (Å²) in [6, 6.07) is 17.4. The monoisotopic (exact) mass is 414 g/mol. The summed E-state index contributed by atoms with van der Waals surface area (Å²) in [7, 11) is 0. The molecule has 7 heteroatoms. The summed E-state index contributed by atoms with van der Waals surface area (Å²) in [6.07, 6.45) is 3.27. The lowest BCUT2D eigenvalue weighted by Crippen LogP contribution is -2.26. The minimum absolute atomic E-state index is 0.00743. The number of amides is 1. The fraction of sp³-hybridized carbons (Fsp3) is 0.286. The van der Waals surface area contributed by atoms with Crippen LogP contribution in [0.2, 0.25) is 5.02 Å². The number of nitrogens with one attached hydrogen (secondary N) is 1. The molecule has 0 bridgehead atoms. The summed E-state index contributed by atoms with van der Waals surface area (Å²) in [5.74, 6) is 1.04. The molecule has 0 atom stereocenters. The lowest BCUT2D eigenvalue weighted by Gasteiger charge is -2.10. The molecule has 5 nitrogen and oxygen atoms in total. The van der Waals surface area contributed by atoms with Crippen molar-refractivity contribution in [3.63, 3.8) is 0 Å². The zero-order valence-electron chi connectivity index (χ0n) is 15.8. The number of hydrogen-bond acceptors (Lipinski definition) is 4. The fourth-order valence-corrected chi connectivity index (χ4v) is 3.65. The van der Waals surface area contributed by atoms with Crippen LogP contribution in [0.3, 0.4) is 0 Å². The lowest BCUT2D eigenvalue weighted by atomic mass is 10.2. The summed E-state index contributed by atoms with van der Waals surface area (Å²) < 4.78 is 1.96. The molecule has 1 aromatic heterocycles. The third-order valence-electron chi connectivity index (χ3n) is 4.19. The van der Waals surface area contributed by atoms with Gasteiger partial charge in [0.05, 0.1) is 5.75 Å². The van der Waals surface area contributed by atoms with Gasteiger partial charge in [-0.25, -0.2) is 0 Å². The summed E-state index contributed by atoms with van der Waals surface area (Å²) in [6.45, 7) is 2.86. The minimum atomic E-state index is 0.00743. The molecule has 2 aromatic carbocycles. The maximum Gasteiger partial charge on any atom is 0.230 e. The van der Waals surface area contributed by atoms with Crippen LogP contribution < -0.4 is 5.32 Å². The van der Waals surface area contributed by atoms with Crippen molar-refractivity contribution >= 4 is 29.3 Å². The molecule has 146 valence electrons. The highest BCUT2D eigenvalue weighted by molar-refractivity contribution is 7.99. The van der Waals surface area contributed by atoms with Crippen molar-refractivity contribution in [3.8, 4) is 17.1 Å². The van der Waals surface area contributed by atoms with Crippen LogP contribution in [0.5, 0.6) is 0 Å². The molecule has 0 aliphatic carbocycles. The van der Waals surface area contributed by atoms with Gasteiger partial charge in [-0.2, -0.15) is 0 Å². The third-order valence-corrected chi connectivity index (χ3v) is 5.37. The topological polar surface area (TPSA) is 59.8 Å². The van der Waals surface area contributed by atoms with Crippen molar-refractivity contribution in [2.75, 3.05) is 12.3 Å². The van der Waals surface area contributed by atoms with Gasteiger partial charge in [0, 0.05) is 22.8 Å². The normalized spacial score (nSPS) is 10.8. The van der Waals surface area contributed by atoms with Crippen LogP contribution in [0.1, 0.15) is 26.2 Å². The Morgan fingerprint density at radius 2 is 1.82 bits per heavy atom. The van der Waals surface area contributed by atoms with E-state index in [1.807, 2.05) is 59.2 Å². The van der Waals surface area contributed by atoms with Crippen molar-refractivity contribution in [2.45, 2.75) is 31.3 Å². The fourth-order valence-electron chi connectivity index (χ4n) is 2.74. The van der Waals surface area contributed by atoms with E-state index >= 15 is 0 Å². The Hall–Kier alpha value is -2.31. The first-order chi connectivity index (χ1) is 13.7. The van der Waals surface area contributed by atoms with Gasteiger partial charge in [0.25, 0.3) is 0 Å². The predicted octanol–water partition coefficient (Wildman–Crippen LogP) is 4.99. The SMILES string of the molecule is CCCCCNC(=O)CSc1nnc(-c2ccccc2)n1-c1ccc(Cl)cc1. The molecular weight excluding hydrogens is 392 g/mol. The quantitative estimate of drug-likeness (QED) is 0.396. The van der Waals surface area contributed by atoms with E-state index < -0.39 is 0 Å². The number of hydrogen-bond donors (Lipinski definition) is 1. The second-order valence-electron chi connectivity index (χ2n) is 6.33. The number of thioether (sulfide) groups is 1. The number of rotatable bonds is 9. The smallest absolute Gasteiger partial charge is 0.230 e. The Labute approximate surface area is 174 Å². The van der Waals surface area contributed by atoms with E-state index in [1.54, 1.807) is 0 Å². The van der Waals surface area contributed by atoms with Crippen molar-refractivity contribution in [2.24, 2.45) is 0 Å². The zero-order valence-corrected chi connectivity index (χ0v) is 17.3. The van der Waals surface area contributed by atoms with E-state index in [0.29, 0.717) is 22.5 Å². The lowest BCUT2D eigenvalue weighted by molar-refractivity contribution is -0.118. The molecule has 0 aliphatic rings. The molecule has 0 saturated carbocycles. The number of carbonyl (C=O) groups is 1. The molecule has 28 heavy (non-hydrogen) atoms. The van der Waals surface area contributed by atoms with E-state index in [1.165, 1.54) is 11.8 Å². The molecule has 0 fully saturated rings. The van der Waals surface area contributed by atoms with Gasteiger partial charge in [0.1, 0.15) is 0 Å². The summed E-state index contributed by atoms with van der Waals surface area (Å²) in [4.78, 5) is 12.1. The standard InChI is InChI=1S/C21H23ClN4OS/c1-2-3-7-14-23-19(27)15-28-21-25-24-20(16-8-5-4-6-9-16)26(21)18-12-10-17(22)11-13-18/h4-6,8-13H,2-3,7,14-15H2,1H3,(H,23,27). The highest BCUT2D eigenvalue weighted by Crippen LogP contribution is 2.28. The highest BCUT2D eigenvalue weighted by atomic mass is 35.5. The van der Waals surface area contributed by atoms with Gasteiger partial charge >= 0.3 is 0 Å². The van der Waals surface area contributed by atoms with E-state index in [9.17, 15) is 4.79 Å². The number of carbonyl (C=O) groups excluding carboxylic acids is 1. The van der Waals surface area contributed by atoms with Crippen LogP contribution in [0.25, 0.3) is 17.1 Å². The molecule has 0 radical (unpaired) electrons. The molecule has 1 heterocycles. The molecule has 0 spiro atoms. The van der Waals surface area contributed by atoms with Crippen LogP contribution in [0.4, 0.5) is 0 Å². The largest absolute Gasteiger partial charge is 0.355 e. The number of unbranched alkanes of at least 4 members (excludes halogenated alkanes) is 2. The summed E-state index contributed by atoms with van der Waals surface area (Å²) >= 11 is 7.42. The third kappa shape index (κ3) is 5.36. The van der Waals surface area contributed by atoms with Crippen LogP contribution in [-0.2, 0) is 4.79 Å². The van der Waals surface area contributed by atoms with Crippen molar-refractivity contribution in [1.82, 2.24) is 20.1 Å². The number of aromatic nitrogens is 3. The van der Waals surface area contributed by atoms with Gasteiger partial charge in [0.15, 0.2) is 11.0 Å². The molecular formula is C21H23ClN4OS. The molecule has 1 N–H and O–H groups in total. The summed E-state index contributed by atoms with van der Waals surface area (Å²) in [5.41, 5.74) is 1.86. The Balaban J connectivity index is 1.80. The van der Waals surface area contributed by atoms with E-state index in [0.717, 1.165) is 36.3 Å².